The number of carbonyl (C=O) groups excluding carboxylic acids is 1. The van der Waals surface area contributed by atoms with Crippen LogP contribution >= 0.6 is 0 Å². The smallest absolute Gasteiger partial charge is 0.269 e. The molecule has 3 aromatic carbocycles. The number of hydrogen-bond donors (Lipinski definition) is 1. The number of nitro groups is 1. The summed E-state index contributed by atoms with van der Waals surface area (Å²) in [6.45, 7) is 0.475. The zero-order chi connectivity index (χ0) is 21.3. The average molecular weight is 423 g/mol. The molecule has 30 heavy (non-hydrogen) atoms. The monoisotopic (exact) mass is 423 g/mol. The second kappa shape index (κ2) is 7.60. The van der Waals surface area contributed by atoms with Crippen molar-refractivity contribution in [3.05, 3.63) is 94.0 Å². The highest BCUT2D eigenvalue weighted by Gasteiger charge is 2.27. The third kappa shape index (κ3) is 3.74. The van der Waals surface area contributed by atoms with Crippen LogP contribution in [-0.2, 0) is 16.4 Å². The summed E-state index contributed by atoms with van der Waals surface area (Å²) in [6.07, 6.45) is 0.550. The van der Waals surface area contributed by atoms with E-state index in [2.05, 4.69) is 4.72 Å². The Kier molecular flexibility index (Phi) is 4.96. The molecular weight excluding hydrogens is 406 g/mol. The molecule has 1 amide bonds. The van der Waals surface area contributed by atoms with Crippen molar-refractivity contribution in [2.75, 3.05) is 16.2 Å². The molecule has 1 N–H and O–H groups in total. The quantitative estimate of drug-likeness (QED) is 0.498. The van der Waals surface area contributed by atoms with Gasteiger partial charge in [0.05, 0.1) is 9.82 Å². The van der Waals surface area contributed by atoms with E-state index in [1.165, 1.54) is 30.3 Å². The van der Waals surface area contributed by atoms with Gasteiger partial charge in [0.25, 0.3) is 21.6 Å². The van der Waals surface area contributed by atoms with Gasteiger partial charge >= 0.3 is 0 Å². The van der Waals surface area contributed by atoms with E-state index < -0.39 is 14.9 Å². The standard InChI is InChI=1S/C21H17N3O5S/c25-21(15-4-2-1-3-5-15)23-13-12-16-14-19(10-11-20(16)23)30(28,29)22-17-6-8-18(9-7-17)24(26)27/h1-11,14,22H,12-13H2. The van der Waals surface area contributed by atoms with Crippen molar-refractivity contribution in [3.63, 3.8) is 0 Å². The molecule has 0 spiro atoms. The second-order valence-corrected chi connectivity index (χ2v) is 8.46. The summed E-state index contributed by atoms with van der Waals surface area (Å²) in [5, 5.41) is 10.7. The van der Waals surface area contributed by atoms with Crippen LogP contribution in [0.4, 0.5) is 17.1 Å². The van der Waals surface area contributed by atoms with E-state index in [0.717, 1.165) is 5.56 Å². The molecule has 9 heteroatoms. The number of sulfonamides is 1. The minimum Gasteiger partial charge on any atom is -0.308 e. The Hall–Kier alpha value is -3.72. The summed E-state index contributed by atoms with van der Waals surface area (Å²) >= 11 is 0. The van der Waals surface area contributed by atoms with Gasteiger partial charge in [0.1, 0.15) is 0 Å². The minimum atomic E-state index is -3.88. The molecule has 0 bridgehead atoms. The zero-order valence-electron chi connectivity index (χ0n) is 15.7. The fourth-order valence-corrected chi connectivity index (χ4v) is 4.47. The summed E-state index contributed by atoms with van der Waals surface area (Å²) in [4.78, 5) is 24.6. The lowest BCUT2D eigenvalue weighted by atomic mass is 10.1. The van der Waals surface area contributed by atoms with E-state index >= 15 is 0 Å². The molecule has 0 atom stereocenters. The van der Waals surface area contributed by atoms with Gasteiger partial charge in [-0.2, -0.15) is 0 Å². The third-order valence-corrected chi connectivity index (χ3v) is 6.23. The number of carbonyl (C=O) groups is 1. The molecule has 4 rings (SSSR count). The third-order valence-electron chi connectivity index (χ3n) is 4.85. The van der Waals surface area contributed by atoms with Crippen LogP contribution in [0.5, 0.6) is 0 Å². The lowest BCUT2D eigenvalue weighted by Gasteiger charge is -2.17. The van der Waals surface area contributed by atoms with Crippen molar-refractivity contribution in [3.8, 4) is 0 Å². The highest BCUT2D eigenvalue weighted by atomic mass is 32.2. The summed E-state index contributed by atoms with van der Waals surface area (Å²) in [5.41, 5.74) is 2.13. The van der Waals surface area contributed by atoms with Crippen LogP contribution in [0, 0.1) is 10.1 Å². The maximum Gasteiger partial charge on any atom is 0.269 e. The fraction of sp³-hybridized carbons (Fsp3) is 0.0952. The van der Waals surface area contributed by atoms with Gasteiger partial charge < -0.3 is 4.90 Å². The lowest BCUT2D eigenvalue weighted by Crippen LogP contribution is -2.28. The maximum absolute atomic E-state index is 12.8. The van der Waals surface area contributed by atoms with E-state index in [0.29, 0.717) is 24.2 Å². The number of nitrogens with zero attached hydrogens (tertiary/aromatic N) is 2. The van der Waals surface area contributed by atoms with Crippen LogP contribution in [0.2, 0.25) is 0 Å². The summed E-state index contributed by atoms with van der Waals surface area (Å²) in [5.74, 6) is -0.131. The van der Waals surface area contributed by atoms with Crippen molar-refractivity contribution in [2.45, 2.75) is 11.3 Å². The predicted molar refractivity (Wildman–Crippen MR) is 112 cm³/mol. The van der Waals surface area contributed by atoms with Crippen LogP contribution in [0.3, 0.4) is 0 Å². The van der Waals surface area contributed by atoms with Crippen molar-refractivity contribution < 1.29 is 18.1 Å². The fourth-order valence-electron chi connectivity index (χ4n) is 3.36. The summed E-state index contributed by atoms with van der Waals surface area (Å²) < 4.78 is 27.9. The molecule has 1 aliphatic rings. The first-order valence-corrected chi connectivity index (χ1v) is 10.6. The highest BCUT2D eigenvalue weighted by Crippen LogP contribution is 2.32. The largest absolute Gasteiger partial charge is 0.308 e. The normalized spacial score (nSPS) is 13.0. The number of nitrogens with one attached hydrogen (secondary N) is 1. The van der Waals surface area contributed by atoms with Crippen LogP contribution < -0.4 is 9.62 Å². The molecular formula is C21H17N3O5S. The molecule has 0 aliphatic carbocycles. The van der Waals surface area contributed by atoms with E-state index in [4.69, 9.17) is 0 Å². The molecule has 1 aliphatic heterocycles. The number of fused-ring (bicyclic) bond motifs is 1. The Labute approximate surface area is 173 Å². The van der Waals surface area contributed by atoms with Crippen molar-refractivity contribution in [2.24, 2.45) is 0 Å². The Balaban J connectivity index is 1.57. The SMILES string of the molecule is O=C(c1ccccc1)N1CCc2cc(S(=O)(=O)Nc3ccc([N+](=O)[O-])cc3)ccc21. The topological polar surface area (TPSA) is 110 Å². The van der Waals surface area contributed by atoms with E-state index in [9.17, 15) is 23.3 Å². The van der Waals surface area contributed by atoms with E-state index in [1.807, 2.05) is 6.07 Å². The summed E-state index contributed by atoms with van der Waals surface area (Å²) in [7, 11) is -3.88. The first-order chi connectivity index (χ1) is 14.3. The highest BCUT2D eigenvalue weighted by molar-refractivity contribution is 7.92. The molecule has 0 fully saturated rings. The lowest BCUT2D eigenvalue weighted by molar-refractivity contribution is -0.384. The maximum atomic E-state index is 12.8. The first kappa shape index (κ1) is 19.6. The van der Waals surface area contributed by atoms with Crippen molar-refractivity contribution in [1.29, 1.82) is 0 Å². The van der Waals surface area contributed by atoms with Gasteiger partial charge in [-0.25, -0.2) is 8.42 Å². The molecule has 3 aromatic rings. The molecule has 8 nitrogen and oxygen atoms in total. The van der Waals surface area contributed by atoms with Crippen molar-refractivity contribution in [1.82, 2.24) is 0 Å². The number of rotatable bonds is 5. The van der Waals surface area contributed by atoms with Gasteiger partial charge in [0.15, 0.2) is 0 Å². The van der Waals surface area contributed by atoms with Gasteiger partial charge in [0, 0.05) is 35.6 Å². The predicted octanol–water partition coefficient (Wildman–Crippen LogP) is 3.60. The summed E-state index contributed by atoms with van der Waals surface area (Å²) in [6, 6.07) is 18.7. The minimum absolute atomic E-state index is 0.0635. The average Bonchev–Trinajstić information content (AvgIpc) is 3.17. The molecule has 0 saturated carbocycles. The molecule has 1 heterocycles. The van der Waals surface area contributed by atoms with Crippen LogP contribution in [0.15, 0.2) is 77.7 Å². The number of amides is 1. The number of benzene rings is 3. The Morgan fingerprint density at radius 1 is 1.00 bits per heavy atom. The number of non-ortho nitro benzene ring substituents is 1. The second-order valence-electron chi connectivity index (χ2n) is 6.77. The van der Waals surface area contributed by atoms with Crippen LogP contribution in [-0.4, -0.2) is 25.8 Å². The van der Waals surface area contributed by atoms with E-state index in [1.54, 1.807) is 41.3 Å². The molecule has 0 radical (unpaired) electrons. The van der Waals surface area contributed by atoms with Gasteiger partial charge in [-0.3, -0.25) is 19.6 Å². The molecule has 152 valence electrons. The van der Waals surface area contributed by atoms with Crippen molar-refractivity contribution >= 4 is 33.0 Å². The van der Waals surface area contributed by atoms with Crippen LogP contribution in [0.25, 0.3) is 0 Å². The first-order valence-electron chi connectivity index (χ1n) is 9.12. The van der Waals surface area contributed by atoms with Gasteiger partial charge in [-0.05, 0) is 54.4 Å². The number of hydrogen-bond acceptors (Lipinski definition) is 5. The molecule has 0 unspecified atom stereocenters. The Morgan fingerprint density at radius 3 is 2.37 bits per heavy atom. The number of nitro benzene ring substituents is 1. The van der Waals surface area contributed by atoms with Gasteiger partial charge in [-0.1, -0.05) is 18.2 Å². The molecule has 0 saturated heterocycles. The number of anilines is 2. The van der Waals surface area contributed by atoms with Crippen LogP contribution in [0.1, 0.15) is 15.9 Å². The molecule has 0 aromatic heterocycles. The Bertz CT molecular complexity index is 1230. The zero-order valence-corrected chi connectivity index (χ0v) is 16.5. The van der Waals surface area contributed by atoms with Gasteiger partial charge in [-0.15, -0.1) is 0 Å². The Morgan fingerprint density at radius 2 is 1.70 bits per heavy atom. The van der Waals surface area contributed by atoms with Gasteiger partial charge in [0.2, 0.25) is 0 Å². The van der Waals surface area contributed by atoms with E-state index in [-0.39, 0.29) is 22.2 Å².